The first kappa shape index (κ1) is 13.8. The Morgan fingerprint density at radius 2 is 2.10 bits per heavy atom. The molecule has 108 valence electrons. The summed E-state index contributed by atoms with van der Waals surface area (Å²) in [7, 11) is 1.99. The van der Waals surface area contributed by atoms with Gasteiger partial charge in [0.2, 0.25) is 0 Å². The van der Waals surface area contributed by atoms with Gasteiger partial charge in [0.05, 0.1) is 23.1 Å². The number of aryl methyl sites for hydroxylation is 3. The zero-order valence-corrected chi connectivity index (χ0v) is 13.1. The van der Waals surface area contributed by atoms with Gasteiger partial charge in [-0.2, -0.15) is 11.3 Å². The van der Waals surface area contributed by atoms with Crippen molar-refractivity contribution in [2.24, 2.45) is 7.05 Å². The Bertz CT molecular complexity index is 816. The van der Waals surface area contributed by atoms with Gasteiger partial charge in [0.15, 0.2) is 0 Å². The number of hydrogen-bond donors (Lipinski definition) is 1. The molecule has 1 amide bonds. The molecule has 0 unspecified atom stereocenters. The van der Waals surface area contributed by atoms with Crippen LogP contribution >= 0.6 is 11.3 Å². The molecule has 1 N–H and O–H groups in total. The molecular weight excluding hydrogens is 282 g/mol. The lowest BCUT2D eigenvalue weighted by atomic mass is 10.2. The van der Waals surface area contributed by atoms with Gasteiger partial charge in [-0.05, 0) is 36.4 Å². The second-order valence-electron chi connectivity index (χ2n) is 5.18. The highest BCUT2D eigenvalue weighted by atomic mass is 32.1. The van der Waals surface area contributed by atoms with E-state index in [-0.39, 0.29) is 5.91 Å². The summed E-state index contributed by atoms with van der Waals surface area (Å²) in [5.41, 5.74) is 5.03. The Kier molecular flexibility index (Phi) is 3.51. The summed E-state index contributed by atoms with van der Waals surface area (Å²) in [4.78, 5) is 16.8. The number of nitrogens with zero attached hydrogens (tertiary/aromatic N) is 2. The third-order valence-electron chi connectivity index (χ3n) is 3.70. The lowest BCUT2D eigenvalue weighted by molar-refractivity contribution is 0.0949. The average molecular weight is 299 g/mol. The number of para-hydroxylation sites is 1. The predicted molar refractivity (Wildman–Crippen MR) is 85.7 cm³/mol. The molecule has 0 aliphatic rings. The van der Waals surface area contributed by atoms with Gasteiger partial charge in [-0.25, -0.2) is 4.98 Å². The number of carbonyl (C=O) groups is 1. The van der Waals surface area contributed by atoms with Crippen molar-refractivity contribution < 1.29 is 4.79 Å². The monoisotopic (exact) mass is 299 g/mol. The van der Waals surface area contributed by atoms with E-state index >= 15 is 0 Å². The lowest BCUT2D eigenvalue weighted by Crippen LogP contribution is -2.24. The van der Waals surface area contributed by atoms with Gasteiger partial charge in [-0.1, -0.05) is 12.1 Å². The van der Waals surface area contributed by atoms with Crippen LogP contribution in [0.3, 0.4) is 0 Å². The Morgan fingerprint density at radius 1 is 1.29 bits per heavy atom. The molecule has 2 aromatic heterocycles. The SMILES string of the molecule is Cc1cscc1C(=O)NCc1nc2cccc(C)c2n1C. The van der Waals surface area contributed by atoms with E-state index in [9.17, 15) is 4.79 Å². The molecule has 0 fully saturated rings. The van der Waals surface area contributed by atoms with Gasteiger partial charge in [-0.15, -0.1) is 0 Å². The van der Waals surface area contributed by atoms with Crippen molar-refractivity contribution in [2.45, 2.75) is 20.4 Å². The first-order valence-corrected chi connectivity index (χ1v) is 7.74. The molecular formula is C16H17N3OS. The van der Waals surface area contributed by atoms with Crippen LogP contribution in [0.25, 0.3) is 11.0 Å². The number of aromatic nitrogens is 2. The van der Waals surface area contributed by atoms with E-state index in [1.165, 1.54) is 5.56 Å². The van der Waals surface area contributed by atoms with Gasteiger partial charge in [-0.3, -0.25) is 4.79 Å². The first-order valence-electron chi connectivity index (χ1n) is 6.80. The number of amides is 1. The van der Waals surface area contributed by atoms with Crippen LogP contribution in [0.5, 0.6) is 0 Å². The van der Waals surface area contributed by atoms with Gasteiger partial charge in [0.25, 0.3) is 5.91 Å². The van der Waals surface area contributed by atoms with E-state index in [0.717, 1.165) is 28.0 Å². The number of hydrogen-bond acceptors (Lipinski definition) is 3. The molecule has 0 aliphatic carbocycles. The van der Waals surface area contributed by atoms with E-state index in [4.69, 9.17) is 0 Å². The van der Waals surface area contributed by atoms with E-state index < -0.39 is 0 Å². The Balaban J connectivity index is 1.83. The zero-order valence-electron chi connectivity index (χ0n) is 12.3. The van der Waals surface area contributed by atoms with Crippen molar-refractivity contribution in [1.29, 1.82) is 0 Å². The molecule has 3 aromatic rings. The summed E-state index contributed by atoms with van der Waals surface area (Å²) in [6.45, 7) is 4.45. The summed E-state index contributed by atoms with van der Waals surface area (Å²) in [6, 6.07) is 6.07. The largest absolute Gasteiger partial charge is 0.345 e. The van der Waals surface area contributed by atoms with Crippen molar-refractivity contribution in [3.63, 3.8) is 0 Å². The Hall–Kier alpha value is -2.14. The minimum atomic E-state index is -0.0440. The van der Waals surface area contributed by atoms with E-state index in [2.05, 4.69) is 23.3 Å². The Morgan fingerprint density at radius 3 is 2.76 bits per heavy atom. The van der Waals surface area contributed by atoms with E-state index in [1.807, 2.05) is 41.4 Å². The van der Waals surface area contributed by atoms with Crippen molar-refractivity contribution in [2.75, 3.05) is 0 Å². The molecule has 0 bridgehead atoms. The van der Waals surface area contributed by atoms with Crippen LogP contribution in [0.15, 0.2) is 29.0 Å². The molecule has 1 aromatic carbocycles. The summed E-state index contributed by atoms with van der Waals surface area (Å²) < 4.78 is 2.05. The number of nitrogens with one attached hydrogen (secondary N) is 1. The maximum absolute atomic E-state index is 12.2. The second kappa shape index (κ2) is 5.33. The molecule has 0 spiro atoms. The van der Waals surface area contributed by atoms with Crippen LogP contribution in [-0.4, -0.2) is 15.5 Å². The molecule has 21 heavy (non-hydrogen) atoms. The smallest absolute Gasteiger partial charge is 0.252 e. The molecule has 0 saturated heterocycles. The highest BCUT2D eigenvalue weighted by Crippen LogP contribution is 2.19. The molecule has 0 saturated carbocycles. The number of imidazole rings is 1. The number of rotatable bonds is 3. The standard InChI is InChI=1S/C16H17N3OS/c1-10-5-4-6-13-15(10)19(3)14(18-13)7-17-16(20)12-9-21-8-11(12)2/h4-6,8-9H,7H2,1-3H3,(H,17,20). The van der Waals surface area contributed by atoms with Crippen LogP contribution in [0.1, 0.15) is 27.3 Å². The van der Waals surface area contributed by atoms with Gasteiger partial charge < -0.3 is 9.88 Å². The van der Waals surface area contributed by atoms with Crippen LogP contribution < -0.4 is 5.32 Å². The highest BCUT2D eigenvalue weighted by Gasteiger charge is 2.13. The van der Waals surface area contributed by atoms with Crippen LogP contribution in [0.2, 0.25) is 0 Å². The summed E-state index contributed by atoms with van der Waals surface area (Å²) in [6.07, 6.45) is 0. The minimum Gasteiger partial charge on any atom is -0.345 e. The van der Waals surface area contributed by atoms with Crippen molar-refractivity contribution in [1.82, 2.24) is 14.9 Å². The van der Waals surface area contributed by atoms with Crippen molar-refractivity contribution in [3.8, 4) is 0 Å². The number of fused-ring (bicyclic) bond motifs is 1. The fraction of sp³-hybridized carbons (Fsp3) is 0.250. The maximum Gasteiger partial charge on any atom is 0.252 e. The third kappa shape index (κ3) is 2.45. The highest BCUT2D eigenvalue weighted by molar-refractivity contribution is 7.08. The maximum atomic E-state index is 12.2. The normalized spacial score (nSPS) is 11.0. The van der Waals surface area contributed by atoms with Crippen LogP contribution in [-0.2, 0) is 13.6 Å². The quantitative estimate of drug-likeness (QED) is 0.807. The second-order valence-corrected chi connectivity index (χ2v) is 5.92. The Labute approximate surface area is 127 Å². The molecule has 3 rings (SSSR count). The van der Waals surface area contributed by atoms with Gasteiger partial charge in [0, 0.05) is 12.4 Å². The molecule has 0 radical (unpaired) electrons. The fourth-order valence-corrected chi connectivity index (χ4v) is 3.35. The summed E-state index contributed by atoms with van der Waals surface area (Å²) >= 11 is 1.54. The topological polar surface area (TPSA) is 46.9 Å². The number of thiophene rings is 1. The minimum absolute atomic E-state index is 0.0440. The summed E-state index contributed by atoms with van der Waals surface area (Å²) in [5, 5.41) is 6.81. The van der Waals surface area contributed by atoms with Crippen LogP contribution in [0, 0.1) is 13.8 Å². The van der Waals surface area contributed by atoms with Gasteiger partial charge in [0.1, 0.15) is 5.82 Å². The van der Waals surface area contributed by atoms with E-state index in [0.29, 0.717) is 6.54 Å². The van der Waals surface area contributed by atoms with Gasteiger partial charge >= 0.3 is 0 Å². The van der Waals surface area contributed by atoms with Crippen molar-refractivity contribution in [3.05, 3.63) is 51.5 Å². The fourth-order valence-electron chi connectivity index (χ4n) is 2.52. The number of benzene rings is 1. The first-order chi connectivity index (χ1) is 10.1. The van der Waals surface area contributed by atoms with Crippen LogP contribution in [0.4, 0.5) is 0 Å². The third-order valence-corrected chi connectivity index (χ3v) is 4.56. The molecule has 2 heterocycles. The molecule has 0 atom stereocenters. The predicted octanol–water partition coefficient (Wildman–Crippen LogP) is 3.18. The van der Waals surface area contributed by atoms with E-state index in [1.54, 1.807) is 11.3 Å². The summed E-state index contributed by atoms with van der Waals surface area (Å²) in [5.74, 6) is 0.818. The van der Waals surface area contributed by atoms with Crippen molar-refractivity contribution >= 4 is 28.3 Å². The zero-order chi connectivity index (χ0) is 15.0. The molecule has 4 nitrogen and oxygen atoms in total. The average Bonchev–Trinajstić information content (AvgIpc) is 3.01. The molecule has 5 heteroatoms. The number of carbonyl (C=O) groups excluding carboxylic acids is 1. The molecule has 0 aliphatic heterocycles. The lowest BCUT2D eigenvalue weighted by Gasteiger charge is -2.06.